The van der Waals surface area contributed by atoms with Crippen LogP contribution in [0.25, 0.3) is 0 Å². The highest BCUT2D eigenvalue weighted by atomic mass is 79.9. The lowest BCUT2D eigenvalue weighted by atomic mass is 9.92. The Morgan fingerprint density at radius 1 is 1.67 bits per heavy atom. The topological polar surface area (TPSA) is 59.2 Å². The summed E-state index contributed by atoms with van der Waals surface area (Å²) in [5.41, 5.74) is 6.42. The van der Waals surface area contributed by atoms with Crippen molar-refractivity contribution in [3.05, 3.63) is 28.5 Å². The van der Waals surface area contributed by atoms with Gasteiger partial charge in [-0.2, -0.15) is 0 Å². The molecule has 5 heteroatoms. The second-order valence-corrected chi connectivity index (χ2v) is 5.70. The Bertz CT molecular complexity index is 436. The molecule has 2 rings (SSSR count). The Balaban J connectivity index is 2.12. The summed E-state index contributed by atoms with van der Waals surface area (Å²) < 4.78 is 0.748. The number of carbonyl (C=O) groups excluding carboxylic acids is 1. The number of likely N-dealkylation sites (tertiary alicyclic amines) is 1. The lowest BCUT2D eigenvalue weighted by Gasteiger charge is -2.34. The normalized spacial score (nSPS) is 21.7. The predicted molar refractivity (Wildman–Crippen MR) is 74.2 cm³/mol. The molecule has 0 spiro atoms. The third-order valence-electron chi connectivity index (χ3n) is 3.45. The van der Waals surface area contributed by atoms with Crippen LogP contribution < -0.4 is 5.73 Å². The number of hydrogen-bond donors (Lipinski definition) is 1. The molecule has 0 bridgehead atoms. The second kappa shape index (κ2) is 5.80. The summed E-state index contributed by atoms with van der Waals surface area (Å²) in [4.78, 5) is 18.4. The van der Waals surface area contributed by atoms with Gasteiger partial charge in [-0.05, 0) is 53.7 Å². The van der Waals surface area contributed by atoms with Crippen molar-refractivity contribution in [1.82, 2.24) is 9.88 Å². The van der Waals surface area contributed by atoms with Crippen LogP contribution in [0.15, 0.2) is 22.8 Å². The fourth-order valence-corrected chi connectivity index (χ4v) is 2.74. The standard InChI is InChI=1S/C13H18BrN3O/c1-9(15)10-4-3-7-17(8-10)13(18)12-11(14)5-2-6-16-12/h2,5-6,9-10H,3-4,7-8,15H2,1H3. The minimum absolute atomic E-state index is 0.00664. The number of amides is 1. The van der Waals surface area contributed by atoms with Crippen LogP contribution in [-0.4, -0.2) is 34.9 Å². The Hall–Kier alpha value is -0.940. The molecule has 0 aliphatic carbocycles. The van der Waals surface area contributed by atoms with Crippen LogP contribution in [0.5, 0.6) is 0 Å². The maximum Gasteiger partial charge on any atom is 0.273 e. The van der Waals surface area contributed by atoms with Crippen LogP contribution in [0, 0.1) is 5.92 Å². The Labute approximate surface area is 116 Å². The lowest BCUT2D eigenvalue weighted by molar-refractivity contribution is 0.0654. The minimum atomic E-state index is -0.00664. The van der Waals surface area contributed by atoms with Gasteiger partial charge in [-0.1, -0.05) is 0 Å². The number of aromatic nitrogens is 1. The van der Waals surface area contributed by atoms with E-state index in [1.54, 1.807) is 6.20 Å². The molecule has 2 heterocycles. The third-order valence-corrected chi connectivity index (χ3v) is 4.09. The highest BCUT2D eigenvalue weighted by Gasteiger charge is 2.27. The second-order valence-electron chi connectivity index (χ2n) is 4.85. The van der Waals surface area contributed by atoms with Crippen LogP contribution in [0.4, 0.5) is 0 Å². The number of halogens is 1. The molecular formula is C13H18BrN3O. The average molecular weight is 312 g/mol. The van der Waals surface area contributed by atoms with E-state index < -0.39 is 0 Å². The number of nitrogens with zero attached hydrogens (tertiary/aromatic N) is 2. The monoisotopic (exact) mass is 311 g/mol. The molecule has 4 nitrogen and oxygen atoms in total. The SMILES string of the molecule is CC(N)C1CCCN(C(=O)c2ncccc2Br)C1. The third kappa shape index (κ3) is 2.90. The summed E-state index contributed by atoms with van der Waals surface area (Å²) >= 11 is 3.37. The van der Waals surface area contributed by atoms with Gasteiger partial charge in [-0.25, -0.2) is 4.98 Å². The van der Waals surface area contributed by atoms with Gasteiger partial charge in [0.1, 0.15) is 5.69 Å². The number of carbonyl (C=O) groups is 1. The van der Waals surface area contributed by atoms with Gasteiger partial charge in [-0.15, -0.1) is 0 Å². The zero-order valence-corrected chi connectivity index (χ0v) is 12.1. The van der Waals surface area contributed by atoms with Crippen molar-refractivity contribution in [2.75, 3.05) is 13.1 Å². The van der Waals surface area contributed by atoms with Crippen molar-refractivity contribution < 1.29 is 4.79 Å². The number of nitrogens with two attached hydrogens (primary N) is 1. The first-order chi connectivity index (χ1) is 8.59. The van der Waals surface area contributed by atoms with Crippen molar-refractivity contribution in [2.24, 2.45) is 11.7 Å². The molecule has 2 N–H and O–H groups in total. The lowest BCUT2D eigenvalue weighted by Crippen LogP contribution is -2.45. The van der Waals surface area contributed by atoms with Crippen molar-refractivity contribution in [1.29, 1.82) is 0 Å². The zero-order valence-electron chi connectivity index (χ0n) is 10.5. The van der Waals surface area contributed by atoms with Crippen molar-refractivity contribution >= 4 is 21.8 Å². The fourth-order valence-electron chi connectivity index (χ4n) is 2.32. The number of piperidine rings is 1. The van der Waals surface area contributed by atoms with Crippen molar-refractivity contribution in [3.63, 3.8) is 0 Å². The molecule has 1 aromatic rings. The first kappa shape index (κ1) is 13.5. The maximum atomic E-state index is 12.4. The van der Waals surface area contributed by atoms with E-state index in [4.69, 9.17) is 5.73 Å². The Kier molecular flexibility index (Phi) is 4.35. The molecule has 2 unspecified atom stereocenters. The molecule has 0 radical (unpaired) electrons. The van der Waals surface area contributed by atoms with Gasteiger partial charge in [0.2, 0.25) is 0 Å². The summed E-state index contributed by atoms with van der Waals surface area (Å²) in [6, 6.07) is 3.78. The molecule has 0 aromatic carbocycles. The molecule has 0 saturated carbocycles. The zero-order chi connectivity index (χ0) is 13.1. The van der Waals surface area contributed by atoms with Gasteiger partial charge in [0.05, 0.1) is 0 Å². The molecule has 18 heavy (non-hydrogen) atoms. The van der Waals surface area contributed by atoms with E-state index in [9.17, 15) is 4.79 Å². The molecule has 98 valence electrons. The van der Waals surface area contributed by atoms with E-state index in [2.05, 4.69) is 20.9 Å². The van der Waals surface area contributed by atoms with Crippen molar-refractivity contribution in [2.45, 2.75) is 25.8 Å². The minimum Gasteiger partial charge on any atom is -0.337 e. The molecule has 1 aliphatic rings. The molecule has 2 atom stereocenters. The van der Waals surface area contributed by atoms with Gasteiger partial charge >= 0.3 is 0 Å². The van der Waals surface area contributed by atoms with Crippen LogP contribution in [0.1, 0.15) is 30.3 Å². The molecule has 1 saturated heterocycles. The van der Waals surface area contributed by atoms with Gasteiger partial charge < -0.3 is 10.6 Å². The predicted octanol–water partition coefficient (Wildman–Crippen LogP) is 2.04. The van der Waals surface area contributed by atoms with E-state index >= 15 is 0 Å². The highest BCUT2D eigenvalue weighted by molar-refractivity contribution is 9.10. The summed E-state index contributed by atoms with van der Waals surface area (Å²) in [5, 5.41) is 0. The number of hydrogen-bond acceptors (Lipinski definition) is 3. The highest BCUT2D eigenvalue weighted by Crippen LogP contribution is 2.22. The number of rotatable bonds is 2. The summed E-state index contributed by atoms with van der Waals surface area (Å²) in [7, 11) is 0. The molecular weight excluding hydrogens is 294 g/mol. The summed E-state index contributed by atoms with van der Waals surface area (Å²) in [6.45, 7) is 3.54. The molecule has 1 amide bonds. The largest absolute Gasteiger partial charge is 0.337 e. The summed E-state index contributed by atoms with van der Waals surface area (Å²) in [6.07, 6.45) is 3.76. The summed E-state index contributed by atoms with van der Waals surface area (Å²) in [5.74, 6) is 0.387. The van der Waals surface area contributed by atoms with Crippen LogP contribution in [0.2, 0.25) is 0 Å². The van der Waals surface area contributed by atoms with E-state index in [1.807, 2.05) is 24.0 Å². The molecule has 1 fully saturated rings. The first-order valence-corrected chi connectivity index (χ1v) is 7.04. The average Bonchev–Trinajstić information content (AvgIpc) is 2.38. The van der Waals surface area contributed by atoms with Crippen molar-refractivity contribution in [3.8, 4) is 0 Å². The maximum absolute atomic E-state index is 12.4. The first-order valence-electron chi connectivity index (χ1n) is 6.25. The van der Waals surface area contributed by atoms with Gasteiger partial charge in [-0.3, -0.25) is 4.79 Å². The van der Waals surface area contributed by atoms with E-state index in [-0.39, 0.29) is 11.9 Å². The van der Waals surface area contributed by atoms with E-state index in [1.165, 1.54) is 0 Å². The van der Waals surface area contributed by atoms with Gasteiger partial charge in [0, 0.05) is 29.8 Å². The van der Waals surface area contributed by atoms with Gasteiger partial charge in [0.25, 0.3) is 5.91 Å². The molecule has 1 aromatic heterocycles. The Morgan fingerprint density at radius 3 is 3.11 bits per heavy atom. The van der Waals surface area contributed by atoms with Crippen LogP contribution in [-0.2, 0) is 0 Å². The van der Waals surface area contributed by atoms with E-state index in [0.717, 1.165) is 30.4 Å². The smallest absolute Gasteiger partial charge is 0.273 e. The van der Waals surface area contributed by atoms with E-state index in [0.29, 0.717) is 11.6 Å². The molecule has 1 aliphatic heterocycles. The van der Waals surface area contributed by atoms with Crippen LogP contribution in [0.3, 0.4) is 0 Å². The fraction of sp³-hybridized carbons (Fsp3) is 0.538. The van der Waals surface area contributed by atoms with Gasteiger partial charge in [0.15, 0.2) is 0 Å². The quantitative estimate of drug-likeness (QED) is 0.909. The number of pyridine rings is 1. The van der Waals surface area contributed by atoms with Crippen LogP contribution >= 0.6 is 15.9 Å². The Morgan fingerprint density at radius 2 is 2.44 bits per heavy atom.